The fraction of sp³-hybridized carbons (Fsp3) is 0.500. The Hall–Kier alpha value is -1.75. The summed E-state index contributed by atoms with van der Waals surface area (Å²) in [5.41, 5.74) is 2.98. The maximum atomic E-state index is 12.2. The summed E-state index contributed by atoms with van der Waals surface area (Å²) in [6.45, 7) is 5.22. The number of aryl methyl sites for hydroxylation is 2. The van der Waals surface area contributed by atoms with Gasteiger partial charge in [0.1, 0.15) is 5.82 Å². The number of fused-ring (bicyclic) bond motifs is 1. The molecule has 0 fully saturated rings. The molecule has 1 unspecified atom stereocenters. The number of nitrogens with zero attached hydrogens (tertiary/aromatic N) is 2. The van der Waals surface area contributed by atoms with Crippen molar-refractivity contribution < 1.29 is 4.79 Å². The van der Waals surface area contributed by atoms with Crippen LogP contribution in [-0.2, 0) is 17.8 Å². The number of carbonyl (C=O) groups is 1. The van der Waals surface area contributed by atoms with Crippen LogP contribution in [0.4, 0.5) is 5.69 Å². The van der Waals surface area contributed by atoms with Crippen LogP contribution in [0.1, 0.15) is 45.4 Å². The second-order valence-corrected chi connectivity index (χ2v) is 8.07. The van der Waals surface area contributed by atoms with Gasteiger partial charge in [-0.25, -0.2) is 4.98 Å². The molecule has 0 saturated carbocycles. The molecule has 1 N–H and O–H groups in total. The van der Waals surface area contributed by atoms with Gasteiger partial charge < -0.3 is 9.88 Å². The van der Waals surface area contributed by atoms with E-state index in [4.69, 9.17) is 4.98 Å². The highest BCUT2D eigenvalue weighted by Crippen LogP contribution is 2.24. The van der Waals surface area contributed by atoms with Crippen molar-refractivity contribution in [2.75, 3.05) is 11.1 Å². The molecule has 0 saturated heterocycles. The first kappa shape index (κ1) is 18.1. The van der Waals surface area contributed by atoms with E-state index < -0.39 is 0 Å². The summed E-state index contributed by atoms with van der Waals surface area (Å²) in [6.07, 6.45) is 8.01. The second-order valence-electron chi connectivity index (χ2n) is 6.63. The lowest BCUT2D eigenvalue weighted by molar-refractivity contribution is -0.115. The van der Waals surface area contributed by atoms with E-state index in [1.54, 1.807) is 11.8 Å². The summed E-state index contributed by atoms with van der Waals surface area (Å²) in [6, 6.07) is 8.02. The maximum Gasteiger partial charge on any atom is 0.237 e. The fourth-order valence-electron chi connectivity index (χ4n) is 3.00. The quantitative estimate of drug-likeness (QED) is 0.728. The molecule has 0 radical (unpaired) electrons. The first-order valence-corrected chi connectivity index (χ1v) is 10.3. The molecule has 3 rings (SSSR count). The van der Waals surface area contributed by atoms with Crippen molar-refractivity contribution in [1.29, 1.82) is 0 Å². The van der Waals surface area contributed by atoms with Crippen LogP contribution in [0.15, 0.2) is 30.5 Å². The fourth-order valence-corrected chi connectivity index (χ4v) is 4.02. The number of hydrogen-bond acceptors (Lipinski definition) is 3. The average Bonchev–Trinajstić information content (AvgIpc) is 3.06. The van der Waals surface area contributed by atoms with Gasteiger partial charge in [-0.1, -0.05) is 25.5 Å². The van der Waals surface area contributed by atoms with Crippen LogP contribution < -0.4 is 5.32 Å². The van der Waals surface area contributed by atoms with E-state index in [1.165, 1.54) is 25.1 Å². The molecule has 1 aliphatic heterocycles. The van der Waals surface area contributed by atoms with Gasteiger partial charge in [-0.2, -0.15) is 0 Å². The molecule has 2 aromatic rings. The lowest BCUT2D eigenvalue weighted by atomic mass is 10.1. The topological polar surface area (TPSA) is 46.9 Å². The van der Waals surface area contributed by atoms with Gasteiger partial charge in [0.05, 0.1) is 10.9 Å². The van der Waals surface area contributed by atoms with E-state index >= 15 is 0 Å². The summed E-state index contributed by atoms with van der Waals surface area (Å²) in [4.78, 5) is 17.0. The number of aromatic nitrogens is 2. The molecule has 5 heteroatoms. The SMILES string of the molecule is CCCCSC(C)C(=O)Nc1ccc(-c2cn3c(n2)CCCC3)cc1. The Morgan fingerprint density at radius 1 is 1.32 bits per heavy atom. The molecular formula is C20H27N3OS. The Morgan fingerprint density at radius 3 is 2.84 bits per heavy atom. The first-order chi connectivity index (χ1) is 12.2. The van der Waals surface area contributed by atoms with Crippen LogP contribution in [0.5, 0.6) is 0 Å². The zero-order valence-corrected chi connectivity index (χ0v) is 15.9. The van der Waals surface area contributed by atoms with Gasteiger partial charge in [0.15, 0.2) is 0 Å². The highest BCUT2D eigenvalue weighted by Gasteiger charge is 2.15. The van der Waals surface area contributed by atoms with Gasteiger partial charge in [-0.15, -0.1) is 11.8 Å². The Balaban J connectivity index is 1.60. The minimum Gasteiger partial charge on any atom is -0.334 e. The smallest absolute Gasteiger partial charge is 0.237 e. The van der Waals surface area contributed by atoms with E-state index in [1.807, 2.05) is 31.2 Å². The number of unbranched alkanes of at least 4 members (excludes halogenated alkanes) is 1. The number of benzene rings is 1. The molecule has 1 aliphatic rings. The summed E-state index contributed by atoms with van der Waals surface area (Å²) in [5.74, 6) is 2.30. The molecule has 1 aromatic heterocycles. The van der Waals surface area contributed by atoms with Gasteiger partial charge in [-0.3, -0.25) is 4.79 Å². The van der Waals surface area contributed by atoms with Crippen LogP contribution in [0.2, 0.25) is 0 Å². The molecule has 1 atom stereocenters. The zero-order valence-electron chi connectivity index (χ0n) is 15.1. The third-order valence-electron chi connectivity index (χ3n) is 4.59. The minimum absolute atomic E-state index is 0.0221. The van der Waals surface area contributed by atoms with Crippen LogP contribution in [0.3, 0.4) is 0 Å². The predicted octanol–water partition coefficient (Wildman–Crippen LogP) is 4.75. The lowest BCUT2D eigenvalue weighted by Gasteiger charge is -2.12. The summed E-state index contributed by atoms with van der Waals surface area (Å²) in [5, 5.41) is 2.99. The third kappa shape index (κ3) is 4.66. The number of nitrogens with one attached hydrogen (secondary N) is 1. The lowest BCUT2D eigenvalue weighted by Crippen LogP contribution is -2.22. The molecule has 25 heavy (non-hydrogen) atoms. The van der Waals surface area contributed by atoms with Crippen LogP contribution in [0, 0.1) is 0 Å². The van der Waals surface area contributed by atoms with E-state index in [0.29, 0.717) is 0 Å². The molecule has 0 spiro atoms. The van der Waals surface area contributed by atoms with Gasteiger partial charge in [-0.05, 0) is 44.1 Å². The Labute approximate surface area is 154 Å². The third-order valence-corrected chi connectivity index (χ3v) is 5.83. The monoisotopic (exact) mass is 357 g/mol. The van der Waals surface area contributed by atoms with E-state index in [9.17, 15) is 4.79 Å². The number of amides is 1. The van der Waals surface area contributed by atoms with E-state index in [0.717, 1.165) is 42.1 Å². The number of hydrogen-bond donors (Lipinski definition) is 1. The molecular weight excluding hydrogens is 330 g/mol. The minimum atomic E-state index is -0.0221. The number of thioether (sulfide) groups is 1. The molecule has 0 bridgehead atoms. The number of anilines is 1. The van der Waals surface area contributed by atoms with Crippen molar-refractivity contribution in [3.8, 4) is 11.3 Å². The van der Waals surface area contributed by atoms with Crippen molar-refractivity contribution >= 4 is 23.4 Å². The Kier molecular flexibility index (Phi) is 6.19. The molecule has 0 aliphatic carbocycles. The zero-order chi connectivity index (χ0) is 17.6. The van der Waals surface area contributed by atoms with E-state index in [2.05, 4.69) is 23.0 Å². The predicted molar refractivity (Wildman–Crippen MR) is 106 cm³/mol. The maximum absolute atomic E-state index is 12.2. The van der Waals surface area contributed by atoms with Crippen LogP contribution in [0.25, 0.3) is 11.3 Å². The molecule has 1 aromatic carbocycles. The number of imidazole rings is 1. The van der Waals surface area contributed by atoms with Crippen molar-refractivity contribution in [2.45, 2.75) is 57.7 Å². The summed E-state index contributed by atoms with van der Waals surface area (Å²) >= 11 is 1.72. The summed E-state index contributed by atoms with van der Waals surface area (Å²) < 4.78 is 2.27. The average molecular weight is 358 g/mol. The first-order valence-electron chi connectivity index (χ1n) is 9.26. The normalized spacial score (nSPS) is 14.8. The van der Waals surface area contributed by atoms with Crippen molar-refractivity contribution in [2.24, 2.45) is 0 Å². The summed E-state index contributed by atoms with van der Waals surface area (Å²) in [7, 11) is 0. The number of rotatable bonds is 7. The standard InChI is InChI=1S/C20H27N3OS/c1-3-4-13-25-15(2)20(24)21-17-10-8-16(9-11-17)18-14-23-12-6-5-7-19(23)22-18/h8-11,14-15H,3-7,12-13H2,1-2H3,(H,21,24). The number of carbonyl (C=O) groups excluding carboxylic acids is 1. The second kappa shape index (κ2) is 8.56. The Morgan fingerprint density at radius 2 is 2.12 bits per heavy atom. The van der Waals surface area contributed by atoms with Gasteiger partial charge in [0, 0.05) is 30.4 Å². The van der Waals surface area contributed by atoms with Crippen LogP contribution >= 0.6 is 11.8 Å². The molecule has 4 nitrogen and oxygen atoms in total. The van der Waals surface area contributed by atoms with Gasteiger partial charge in [0.2, 0.25) is 5.91 Å². The van der Waals surface area contributed by atoms with Crippen LogP contribution in [-0.4, -0.2) is 26.5 Å². The van der Waals surface area contributed by atoms with Crippen molar-refractivity contribution in [3.63, 3.8) is 0 Å². The molecule has 1 amide bonds. The van der Waals surface area contributed by atoms with Gasteiger partial charge >= 0.3 is 0 Å². The van der Waals surface area contributed by atoms with Crippen molar-refractivity contribution in [3.05, 3.63) is 36.3 Å². The highest BCUT2D eigenvalue weighted by atomic mass is 32.2. The highest BCUT2D eigenvalue weighted by molar-refractivity contribution is 8.00. The van der Waals surface area contributed by atoms with Crippen molar-refractivity contribution in [1.82, 2.24) is 9.55 Å². The Bertz CT molecular complexity index is 685. The molecule has 2 heterocycles. The largest absolute Gasteiger partial charge is 0.334 e. The van der Waals surface area contributed by atoms with Gasteiger partial charge in [0.25, 0.3) is 0 Å². The molecule has 134 valence electrons. The van der Waals surface area contributed by atoms with E-state index in [-0.39, 0.29) is 11.2 Å².